The second-order valence-corrected chi connectivity index (χ2v) is 15.6. The van der Waals surface area contributed by atoms with Gasteiger partial charge in [-0.2, -0.15) is 0 Å². The van der Waals surface area contributed by atoms with Crippen molar-refractivity contribution in [2.45, 2.75) is 0 Å². The number of nitrogens with zero attached hydrogens (tertiary/aromatic N) is 1. The van der Waals surface area contributed by atoms with E-state index in [1.807, 2.05) is 66.7 Å². The summed E-state index contributed by atoms with van der Waals surface area (Å²) in [5.74, 6) is 0.726. The maximum atomic E-state index is 16.7. The summed E-state index contributed by atoms with van der Waals surface area (Å²) < 4.78 is 45.4. The highest BCUT2D eigenvalue weighted by atomic mass is 35.5. The van der Waals surface area contributed by atoms with Gasteiger partial charge in [0, 0.05) is 38.5 Å². The van der Waals surface area contributed by atoms with E-state index in [1.54, 1.807) is 42.5 Å². The first-order valence-corrected chi connectivity index (χ1v) is 18.6. The van der Waals surface area contributed by atoms with Gasteiger partial charge in [0.1, 0.15) is 38.8 Å². The third kappa shape index (κ3) is 5.52. The van der Waals surface area contributed by atoms with Crippen molar-refractivity contribution < 1.29 is 32.9 Å². The third-order valence-corrected chi connectivity index (χ3v) is 12.9. The van der Waals surface area contributed by atoms with Crippen molar-refractivity contribution >= 4 is 83.8 Å². The van der Waals surface area contributed by atoms with E-state index in [2.05, 4.69) is 6.07 Å². The minimum atomic E-state index is -4.34. The lowest BCUT2D eigenvalue weighted by molar-refractivity contribution is -0.400. The summed E-state index contributed by atoms with van der Waals surface area (Å²) in [5.41, 5.74) is 1.94. The van der Waals surface area contributed by atoms with Crippen LogP contribution in [-0.4, -0.2) is 33.4 Å². The molecule has 0 fully saturated rings. The van der Waals surface area contributed by atoms with Crippen LogP contribution in [0.25, 0.3) is 54.4 Å². The van der Waals surface area contributed by atoms with Crippen LogP contribution in [0.2, 0.25) is 5.02 Å². The van der Waals surface area contributed by atoms with Gasteiger partial charge < -0.3 is 27.9 Å². The predicted molar refractivity (Wildman–Crippen MR) is 211 cm³/mol. The quantitative estimate of drug-likeness (QED) is 0.0622. The molecule has 0 N–H and O–H groups in total. The van der Waals surface area contributed by atoms with Gasteiger partial charge in [-0.25, -0.2) is 0 Å². The van der Waals surface area contributed by atoms with E-state index in [9.17, 15) is 10.1 Å². The van der Waals surface area contributed by atoms with E-state index in [4.69, 9.17) is 35.0 Å². The molecule has 0 radical (unpaired) electrons. The van der Waals surface area contributed by atoms with Crippen LogP contribution < -0.4 is 34.9 Å². The number of halogens is 1. The Morgan fingerprint density at radius 1 is 0.623 bits per heavy atom. The SMILES string of the molecule is COc1cc(OC)cc(P(=O)(c2cc(OC)cc(OC)c2)c2c([N+](=O)[O-])oc3ccc4c(-c5ccc(Cl)cc5)cc5ccc6ccccc6c5c4c23)c1. The first-order chi connectivity index (χ1) is 25.7. The zero-order chi connectivity index (χ0) is 37.0. The highest BCUT2D eigenvalue weighted by Gasteiger charge is 2.44. The summed E-state index contributed by atoms with van der Waals surface area (Å²) in [6, 6.07) is 35.0. The molecule has 0 spiro atoms. The molecule has 0 atom stereocenters. The molecule has 11 heteroatoms. The van der Waals surface area contributed by atoms with Crippen LogP contribution in [0.15, 0.2) is 120 Å². The molecule has 53 heavy (non-hydrogen) atoms. The number of ether oxygens (including phenoxy) is 4. The molecular formula is C42H31ClNO8P. The molecule has 0 aliphatic rings. The van der Waals surface area contributed by atoms with Crippen LogP contribution >= 0.6 is 18.7 Å². The number of furan rings is 1. The largest absolute Gasteiger partial charge is 0.497 e. The standard InChI is InChI=1S/C42H31ClNO8P/c1-48-28-18-29(49-2)21-32(20-28)53(47,33-22-30(50-3)19-31(23-33)51-4)41-40-37(52-42(41)44(45)46)16-15-35-36(25-11-13-27(43)14-12-25)17-26-10-9-24-7-5-6-8-34(24)38(26)39(35)40/h5-23H,1-4H3. The summed E-state index contributed by atoms with van der Waals surface area (Å²) in [4.78, 5) is 12.6. The smallest absolute Gasteiger partial charge is 0.445 e. The molecule has 0 aliphatic carbocycles. The van der Waals surface area contributed by atoms with Gasteiger partial charge in [0.2, 0.25) is 0 Å². The first kappa shape index (κ1) is 34.1. The molecule has 0 saturated carbocycles. The second-order valence-electron chi connectivity index (χ2n) is 12.4. The van der Waals surface area contributed by atoms with Crippen molar-refractivity contribution in [2.75, 3.05) is 28.4 Å². The van der Waals surface area contributed by atoms with Gasteiger partial charge >= 0.3 is 5.88 Å². The number of rotatable bonds is 9. The lowest BCUT2D eigenvalue weighted by Crippen LogP contribution is -2.27. The lowest BCUT2D eigenvalue weighted by Gasteiger charge is -2.22. The molecule has 9 nitrogen and oxygen atoms in total. The fourth-order valence-corrected chi connectivity index (χ4v) is 10.3. The van der Waals surface area contributed by atoms with Gasteiger partial charge in [-0.1, -0.05) is 60.1 Å². The van der Waals surface area contributed by atoms with Crippen LogP contribution in [0.1, 0.15) is 0 Å². The molecule has 8 rings (SSSR count). The van der Waals surface area contributed by atoms with Gasteiger partial charge in [0.15, 0.2) is 7.14 Å². The maximum absolute atomic E-state index is 16.7. The molecular weight excluding hydrogens is 713 g/mol. The molecule has 0 bridgehead atoms. The van der Waals surface area contributed by atoms with Crippen molar-refractivity contribution in [1.29, 1.82) is 0 Å². The molecule has 1 heterocycles. The normalized spacial score (nSPS) is 11.7. The van der Waals surface area contributed by atoms with Gasteiger partial charge in [-0.05, 0) is 92.7 Å². The van der Waals surface area contributed by atoms with Gasteiger partial charge in [-0.15, -0.1) is 0 Å². The average molecular weight is 744 g/mol. The number of benzene rings is 7. The summed E-state index contributed by atoms with van der Waals surface area (Å²) in [5, 5.41) is 19.5. The number of nitro groups is 1. The van der Waals surface area contributed by atoms with Gasteiger partial charge in [-0.3, -0.25) is 10.1 Å². The highest BCUT2D eigenvalue weighted by Crippen LogP contribution is 2.53. The van der Waals surface area contributed by atoms with Crippen molar-refractivity contribution in [3.8, 4) is 34.1 Å². The van der Waals surface area contributed by atoms with Crippen LogP contribution in [0.4, 0.5) is 5.88 Å². The Morgan fingerprint density at radius 3 is 1.75 bits per heavy atom. The lowest BCUT2D eigenvalue weighted by atomic mass is 9.89. The molecule has 1 aromatic heterocycles. The van der Waals surface area contributed by atoms with E-state index in [-0.39, 0.29) is 21.5 Å². The monoisotopic (exact) mass is 743 g/mol. The van der Waals surface area contributed by atoms with Crippen molar-refractivity contribution in [1.82, 2.24) is 0 Å². The number of hydrogen-bond acceptors (Lipinski definition) is 8. The summed E-state index contributed by atoms with van der Waals surface area (Å²) in [7, 11) is 1.60. The Kier molecular flexibility index (Phi) is 8.48. The molecule has 0 unspecified atom stereocenters. The maximum Gasteiger partial charge on any atom is 0.445 e. The van der Waals surface area contributed by atoms with E-state index in [0.717, 1.165) is 38.1 Å². The summed E-state index contributed by atoms with van der Waals surface area (Å²) in [6.07, 6.45) is 0. The minimum Gasteiger partial charge on any atom is -0.497 e. The van der Waals surface area contributed by atoms with Crippen molar-refractivity contribution in [3.63, 3.8) is 0 Å². The number of hydrogen-bond donors (Lipinski definition) is 0. The van der Waals surface area contributed by atoms with Crippen LogP contribution in [0.5, 0.6) is 23.0 Å². The Balaban J connectivity index is 1.66. The van der Waals surface area contributed by atoms with E-state index < -0.39 is 17.9 Å². The summed E-state index contributed by atoms with van der Waals surface area (Å²) in [6.45, 7) is 0. The zero-order valence-corrected chi connectivity index (χ0v) is 30.7. The minimum absolute atomic E-state index is 0.0868. The van der Waals surface area contributed by atoms with Gasteiger partial charge in [0.25, 0.3) is 0 Å². The Morgan fingerprint density at radius 2 is 1.19 bits per heavy atom. The van der Waals surface area contributed by atoms with Crippen LogP contribution in [-0.2, 0) is 4.57 Å². The number of fused-ring (bicyclic) bond motifs is 7. The highest BCUT2D eigenvalue weighted by molar-refractivity contribution is 7.86. The molecule has 0 saturated heterocycles. The Bertz CT molecular complexity index is 2710. The third-order valence-electron chi connectivity index (χ3n) is 9.65. The Hall–Kier alpha value is -6.02. The summed E-state index contributed by atoms with van der Waals surface area (Å²) >= 11 is 6.32. The fraction of sp³-hybridized carbons (Fsp3) is 0.0952. The number of methoxy groups -OCH3 is 4. The first-order valence-electron chi connectivity index (χ1n) is 16.5. The van der Waals surface area contributed by atoms with E-state index in [0.29, 0.717) is 38.8 Å². The van der Waals surface area contributed by atoms with Gasteiger partial charge in [0.05, 0.1) is 28.4 Å². The van der Waals surface area contributed by atoms with Crippen LogP contribution in [0.3, 0.4) is 0 Å². The second kappa shape index (κ2) is 13.2. The molecule has 7 aromatic carbocycles. The topological polar surface area (TPSA) is 110 Å². The van der Waals surface area contributed by atoms with Crippen molar-refractivity contribution in [3.05, 3.63) is 130 Å². The average Bonchev–Trinajstić information content (AvgIpc) is 3.61. The molecule has 264 valence electrons. The Labute approximate surface area is 308 Å². The predicted octanol–water partition coefficient (Wildman–Crippen LogP) is 9.79. The zero-order valence-electron chi connectivity index (χ0n) is 29.0. The van der Waals surface area contributed by atoms with E-state index >= 15 is 4.57 Å². The van der Waals surface area contributed by atoms with E-state index in [1.165, 1.54) is 28.4 Å². The van der Waals surface area contributed by atoms with Crippen molar-refractivity contribution in [2.24, 2.45) is 0 Å². The fourth-order valence-electron chi connectivity index (χ4n) is 7.21. The van der Waals surface area contributed by atoms with Crippen LogP contribution in [0, 0.1) is 10.1 Å². The molecule has 0 amide bonds. The molecule has 0 aliphatic heterocycles. The molecule has 8 aromatic rings.